The molecule has 0 bridgehead atoms. The normalized spacial score (nSPS) is 16.5. The highest BCUT2D eigenvalue weighted by atomic mass is 16.1. The largest absolute Gasteiger partial charge is 0.372 e. The highest BCUT2D eigenvalue weighted by molar-refractivity contribution is 5.95. The molecule has 1 fully saturated rings. The molecule has 0 saturated carbocycles. The number of rotatable bonds is 5. The summed E-state index contributed by atoms with van der Waals surface area (Å²) in [7, 11) is 0. The first-order valence-corrected chi connectivity index (χ1v) is 9.38. The van der Waals surface area contributed by atoms with Crippen molar-refractivity contribution in [3.63, 3.8) is 0 Å². The number of anilines is 2. The Balaban J connectivity index is 1.63. The van der Waals surface area contributed by atoms with Crippen molar-refractivity contribution >= 4 is 17.3 Å². The van der Waals surface area contributed by atoms with E-state index in [1.165, 1.54) is 18.5 Å². The van der Waals surface area contributed by atoms with Gasteiger partial charge in [0.05, 0.1) is 5.92 Å². The zero-order chi connectivity index (χ0) is 17.6. The van der Waals surface area contributed by atoms with Gasteiger partial charge in [0.25, 0.3) is 0 Å². The van der Waals surface area contributed by atoms with Crippen molar-refractivity contribution in [2.45, 2.75) is 39.0 Å². The Morgan fingerprint density at radius 3 is 2.32 bits per heavy atom. The minimum atomic E-state index is -0.107. The maximum Gasteiger partial charge on any atom is 0.231 e. The number of benzene rings is 2. The summed E-state index contributed by atoms with van der Waals surface area (Å²) in [5.41, 5.74) is 3.19. The van der Waals surface area contributed by atoms with Crippen molar-refractivity contribution in [2.75, 3.05) is 23.3 Å². The molecule has 1 aliphatic heterocycles. The van der Waals surface area contributed by atoms with E-state index >= 15 is 0 Å². The van der Waals surface area contributed by atoms with Crippen molar-refractivity contribution < 1.29 is 4.79 Å². The molecular weight excluding hydrogens is 308 g/mol. The van der Waals surface area contributed by atoms with Gasteiger partial charge < -0.3 is 10.2 Å². The summed E-state index contributed by atoms with van der Waals surface area (Å²) >= 11 is 0. The molecule has 1 amide bonds. The molecule has 1 heterocycles. The zero-order valence-corrected chi connectivity index (χ0v) is 15.2. The summed E-state index contributed by atoms with van der Waals surface area (Å²) in [6.45, 7) is 6.63. The van der Waals surface area contributed by atoms with E-state index in [0.717, 1.165) is 36.7 Å². The lowest BCUT2D eigenvalue weighted by atomic mass is 9.95. The third-order valence-corrected chi connectivity index (χ3v) is 5.21. The summed E-state index contributed by atoms with van der Waals surface area (Å²) in [5, 5.41) is 3.07. The first-order valence-electron chi connectivity index (χ1n) is 9.38. The molecule has 3 nitrogen and oxygen atoms in total. The van der Waals surface area contributed by atoms with E-state index in [0.29, 0.717) is 0 Å². The molecule has 0 aromatic heterocycles. The van der Waals surface area contributed by atoms with Gasteiger partial charge in [-0.25, -0.2) is 0 Å². The van der Waals surface area contributed by atoms with Crippen LogP contribution in [0, 0.1) is 5.92 Å². The molecule has 3 rings (SSSR count). The van der Waals surface area contributed by atoms with Gasteiger partial charge in [-0.1, -0.05) is 44.2 Å². The molecule has 0 aliphatic carbocycles. The van der Waals surface area contributed by atoms with E-state index in [1.807, 2.05) is 42.5 Å². The Labute approximate surface area is 151 Å². The van der Waals surface area contributed by atoms with Crippen molar-refractivity contribution in [3.8, 4) is 0 Å². The van der Waals surface area contributed by atoms with E-state index in [9.17, 15) is 4.79 Å². The predicted molar refractivity (Wildman–Crippen MR) is 105 cm³/mol. The van der Waals surface area contributed by atoms with E-state index in [2.05, 4.69) is 36.2 Å². The maximum atomic E-state index is 12.6. The van der Waals surface area contributed by atoms with Gasteiger partial charge in [0, 0.05) is 24.5 Å². The second kappa shape index (κ2) is 8.19. The van der Waals surface area contributed by atoms with Crippen molar-refractivity contribution in [1.29, 1.82) is 0 Å². The molecule has 1 atom stereocenters. The van der Waals surface area contributed by atoms with Crippen LogP contribution < -0.4 is 10.2 Å². The molecule has 2 aromatic rings. The molecule has 3 heteroatoms. The number of piperidine rings is 1. The first-order chi connectivity index (χ1) is 12.2. The monoisotopic (exact) mass is 336 g/mol. The lowest BCUT2D eigenvalue weighted by Crippen LogP contribution is -2.32. The van der Waals surface area contributed by atoms with Gasteiger partial charge in [0.2, 0.25) is 5.91 Å². The summed E-state index contributed by atoms with van der Waals surface area (Å²) in [5.74, 6) is 0.788. The van der Waals surface area contributed by atoms with Crippen LogP contribution in [0.25, 0.3) is 0 Å². The molecule has 1 N–H and O–H groups in total. The molecule has 2 aromatic carbocycles. The Hall–Kier alpha value is -2.29. The van der Waals surface area contributed by atoms with Crippen LogP contribution >= 0.6 is 0 Å². The van der Waals surface area contributed by atoms with E-state index < -0.39 is 0 Å². The molecule has 1 aliphatic rings. The van der Waals surface area contributed by atoms with Crippen molar-refractivity contribution in [2.24, 2.45) is 5.92 Å². The quantitative estimate of drug-likeness (QED) is 0.828. The molecule has 0 radical (unpaired) electrons. The van der Waals surface area contributed by atoms with E-state index in [-0.39, 0.29) is 11.8 Å². The molecule has 1 unspecified atom stereocenters. The van der Waals surface area contributed by atoms with Crippen LogP contribution in [0.15, 0.2) is 54.6 Å². The second-order valence-corrected chi connectivity index (χ2v) is 7.08. The topological polar surface area (TPSA) is 32.3 Å². The van der Waals surface area contributed by atoms with Crippen molar-refractivity contribution in [3.05, 3.63) is 60.2 Å². The predicted octanol–water partition coefficient (Wildman–Crippen LogP) is 5.06. The van der Waals surface area contributed by atoms with Crippen LogP contribution in [0.2, 0.25) is 0 Å². The van der Waals surface area contributed by atoms with Gasteiger partial charge in [0.15, 0.2) is 0 Å². The van der Waals surface area contributed by atoms with E-state index in [1.54, 1.807) is 0 Å². The highest BCUT2D eigenvalue weighted by Gasteiger charge is 2.19. The number of hydrogen-bond acceptors (Lipinski definition) is 2. The Morgan fingerprint density at radius 1 is 1.08 bits per heavy atom. The third kappa shape index (κ3) is 4.41. The smallest absolute Gasteiger partial charge is 0.231 e. The van der Waals surface area contributed by atoms with Crippen molar-refractivity contribution in [1.82, 2.24) is 0 Å². The van der Waals surface area contributed by atoms with Crippen LogP contribution in [0.3, 0.4) is 0 Å². The van der Waals surface area contributed by atoms with Crippen LogP contribution in [0.1, 0.15) is 44.6 Å². The fraction of sp³-hybridized carbons (Fsp3) is 0.409. The van der Waals surface area contributed by atoms with Gasteiger partial charge >= 0.3 is 0 Å². The summed E-state index contributed by atoms with van der Waals surface area (Å²) < 4.78 is 0. The molecule has 0 spiro atoms. The Bertz CT molecular complexity index is 673. The zero-order valence-electron chi connectivity index (χ0n) is 15.2. The van der Waals surface area contributed by atoms with Gasteiger partial charge in [-0.05, 0) is 55.0 Å². The summed E-state index contributed by atoms with van der Waals surface area (Å²) in [4.78, 5) is 15.1. The summed E-state index contributed by atoms with van der Waals surface area (Å²) in [6.07, 6.45) is 3.31. The highest BCUT2D eigenvalue weighted by Crippen LogP contribution is 2.25. The SMILES string of the molecule is CCC(C(=O)Nc1ccc(N2CCC(C)CC2)cc1)c1ccccc1. The molecule has 1 saturated heterocycles. The fourth-order valence-corrected chi connectivity index (χ4v) is 3.51. The number of nitrogens with zero attached hydrogens (tertiary/aromatic N) is 1. The van der Waals surface area contributed by atoms with Gasteiger partial charge in [-0.3, -0.25) is 4.79 Å². The average Bonchev–Trinajstić information content (AvgIpc) is 2.65. The van der Waals surface area contributed by atoms with Crippen LogP contribution in [0.5, 0.6) is 0 Å². The fourth-order valence-electron chi connectivity index (χ4n) is 3.51. The second-order valence-electron chi connectivity index (χ2n) is 7.08. The van der Waals surface area contributed by atoms with Crippen LogP contribution in [-0.2, 0) is 4.79 Å². The number of nitrogens with one attached hydrogen (secondary N) is 1. The minimum absolute atomic E-state index is 0.0632. The van der Waals surface area contributed by atoms with Crippen LogP contribution in [-0.4, -0.2) is 19.0 Å². The lowest BCUT2D eigenvalue weighted by Gasteiger charge is -2.32. The lowest BCUT2D eigenvalue weighted by molar-refractivity contribution is -0.117. The Morgan fingerprint density at radius 2 is 1.72 bits per heavy atom. The molecule has 25 heavy (non-hydrogen) atoms. The van der Waals surface area contributed by atoms with E-state index in [4.69, 9.17) is 0 Å². The first kappa shape index (κ1) is 17.5. The number of hydrogen-bond donors (Lipinski definition) is 1. The third-order valence-electron chi connectivity index (χ3n) is 5.21. The standard InChI is InChI=1S/C22H28N2O/c1-3-21(18-7-5-4-6-8-18)22(25)23-19-9-11-20(12-10-19)24-15-13-17(2)14-16-24/h4-12,17,21H,3,13-16H2,1-2H3,(H,23,25). The molecular formula is C22H28N2O. The number of amides is 1. The number of carbonyl (C=O) groups excluding carboxylic acids is 1. The minimum Gasteiger partial charge on any atom is -0.372 e. The Kier molecular flexibility index (Phi) is 5.75. The summed E-state index contributed by atoms with van der Waals surface area (Å²) in [6, 6.07) is 18.3. The van der Waals surface area contributed by atoms with Crippen LogP contribution in [0.4, 0.5) is 11.4 Å². The van der Waals surface area contributed by atoms with Gasteiger partial charge in [-0.15, -0.1) is 0 Å². The average molecular weight is 336 g/mol. The van der Waals surface area contributed by atoms with Gasteiger partial charge in [-0.2, -0.15) is 0 Å². The molecule has 132 valence electrons. The number of carbonyl (C=O) groups is 1. The van der Waals surface area contributed by atoms with Gasteiger partial charge in [0.1, 0.15) is 0 Å². The maximum absolute atomic E-state index is 12.6.